The van der Waals surface area contributed by atoms with Crippen molar-refractivity contribution in [2.24, 2.45) is 0 Å². The van der Waals surface area contributed by atoms with Gasteiger partial charge in [0.2, 0.25) is 0 Å². The van der Waals surface area contributed by atoms with Crippen molar-refractivity contribution in [1.29, 1.82) is 0 Å². The summed E-state index contributed by atoms with van der Waals surface area (Å²) in [5, 5.41) is 0. The molecule has 0 bridgehead atoms. The molecule has 0 fully saturated rings. The third-order valence-electron chi connectivity index (χ3n) is 6.60. The normalized spacial score (nSPS) is 19.8. The van der Waals surface area contributed by atoms with Crippen LogP contribution in [0.3, 0.4) is 0 Å². The van der Waals surface area contributed by atoms with Gasteiger partial charge in [-0.1, -0.05) is 24.3 Å². The number of fused-ring (bicyclic) bond motifs is 2. The molecule has 0 radical (unpaired) electrons. The predicted molar refractivity (Wildman–Crippen MR) is 114 cm³/mol. The molecule has 0 spiro atoms. The highest BCUT2D eigenvalue weighted by atomic mass is 19.3. The number of esters is 1. The number of alkyl halides is 2. The van der Waals surface area contributed by atoms with Crippen molar-refractivity contribution in [3.8, 4) is 11.5 Å². The average molecular weight is 446 g/mol. The van der Waals surface area contributed by atoms with Gasteiger partial charge in [0.15, 0.2) is 0 Å². The van der Waals surface area contributed by atoms with Crippen LogP contribution in [0.4, 0.5) is 8.78 Å². The van der Waals surface area contributed by atoms with Crippen molar-refractivity contribution in [1.82, 2.24) is 0 Å². The van der Waals surface area contributed by atoms with Gasteiger partial charge < -0.3 is 18.9 Å². The summed E-state index contributed by atoms with van der Waals surface area (Å²) >= 11 is 0. The van der Waals surface area contributed by atoms with Crippen molar-refractivity contribution < 1.29 is 32.5 Å². The minimum atomic E-state index is -3.14. The molecule has 2 aromatic carbocycles. The molecule has 2 atom stereocenters. The van der Waals surface area contributed by atoms with Gasteiger partial charge in [0.1, 0.15) is 23.2 Å². The van der Waals surface area contributed by atoms with Crippen molar-refractivity contribution in [2.45, 2.75) is 56.7 Å². The molecule has 2 aromatic rings. The van der Waals surface area contributed by atoms with E-state index in [-0.39, 0.29) is 30.0 Å². The Kier molecular flexibility index (Phi) is 5.88. The van der Waals surface area contributed by atoms with E-state index in [1.807, 2.05) is 18.2 Å². The van der Waals surface area contributed by atoms with Crippen molar-refractivity contribution in [2.75, 3.05) is 20.8 Å². The highest BCUT2D eigenvalue weighted by Crippen LogP contribution is 2.47. The first-order chi connectivity index (χ1) is 15.2. The molecule has 5 nitrogen and oxygen atoms in total. The van der Waals surface area contributed by atoms with Gasteiger partial charge in [-0.3, -0.25) is 4.79 Å². The number of halogens is 2. The Morgan fingerprint density at radius 2 is 1.94 bits per heavy atom. The molecular weight excluding hydrogens is 418 g/mol. The van der Waals surface area contributed by atoms with E-state index in [1.165, 1.54) is 34.1 Å². The summed E-state index contributed by atoms with van der Waals surface area (Å²) in [6, 6.07) is 10.5. The Labute approximate surface area is 186 Å². The van der Waals surface area contributed by atoms with E-state index in [0.717, 1.165) is 11.1 Å². The topological polar surface area (TPSA) is 54.0 Å². The highest BCUT2D eigenvalue weighted by molar-refractivity contribution is 5.71. The van der Waals surface area contributed by atoms with Crippen molar-refractivity contribution in [3.05, 3.63) is 58.7 Å². The van der Waals surface area contributed by atoms with Gasteiger partial charge in [0.05, 0.1) is 20.1 Å². The minimum Gasteiger partial charge on any atom is -0.492 e. The SMILES string of the molecule is COC(=O)CC1COc2cc(OC3CCc4c3cccc4C(F)(F)C(C)(C)OC)ccc21. The summed E-state index contributed by atoms with van der Waals surface area (Å²) in [6.45, 7) is 3.20. The summed E-state index contributed by atoms with van der Waals surface area (Å²) in [5.41, 5.74) is 0.718. The van der Waals surface area contributed by atoms with E-state index in [1.54, 1.807) is 12.1 Å². The molecule has 1 heterocycles. The lowest BCUT2D eigenvalue weighted by Gasteiger charge is -2.34. The van der Waals surface area contributed by atoms with E-state index >= 15 is 8.78 Å². The fourth-order valence-electron chi connectivity index (χ4n) is 4.43. The second kappa shape index (κ2) is 8.35. The lowest BCUT2D eigenvalue weighted by molar-refractivity contribution is -0.185. The molecule has 172 valence electrons. The van der Waals surface area contributed by atoms with Gasteiger partial charge in [-0.25, -0.2) is 0 Å². The van der Waals surface area contributed by atoms with E-state index in [9.17, 15) is 4.79 Å². The second-order valence-electron chi connectivity index (χ2n) is 8.80. The zero-order valence-corrected chi connectivity index (χ0v) is 18.7. The van der Waals surface area contributed by atoms with Crippen LogP contribution in [-0.4, -0.2) is 32.4 Å². The lowest BCUT2D eigenvalue weighted by Crippen LogP contribution is -2.42. The second-order valence-corrected chi connectivity index (χ2v) is 8.80. The molecule has 2 aliphatic rings. The van der Waals surface area contributed by atoms with Crippen LogP contribution in [-0.2, 0) is 26.6 Å². The molecule has 0 saturated heterocycles. The highest BCUT2D eigenvalue weighted by Gasteiger charge is 2.50. The smallest absolute Gasteiger partial charge is 0.306 e. The van der Waals surface area contributed by atoms with Gasteiger partial charge in [0.25, 0.3) is 0 Å². The Morgan fingerprint density at radius 3 is 2.66 bits per heavy atom. The number of rotatable bonds is 7. The zero-order chi connectivity index (χ0) is 23.1. The molecule has 1 aliphatic carbocycles. The standard InChI is InChI=1S/C25H28F2O5/c1-24(2,30-4)25(26,27)20-7-5-6-19-18(20)10-11-21(19)32-16-8-9-17-15(12-23(28)29-3)14-31-22(17)13-16/h5-9,13,15,21H,10-12,14H2,1-4H3. The molecule has 2 unspecified atom stereocenters. The van der Waals surface area contributed by atoms with Gasteiger partial charge in [-0.2, -0.15) is 8.78 Å². The van der Waals surface area contributed by atoms with E-state index in [0.29, 0.717) is 36.5 Å². The predicted octanol–water partition coefficient (Wildman–Crippen LogP) is 5.31. The molecule has 0 aromatic heterocycles. The van der Waals surface area contributed by atoms with Crippen LogP contribution < -0.4 is 9.47 Å². The Hall–Kier alpha value is -2.67. The molecular formula is C25H28F2O5. The molecule has 0 amide bonds. The maximum absolute atomic E-state index is 15.2. The molecule has 7 heteroatoms. The fraction of sp³-hybridized carbons (Fsp3) is 0.480. The quantitative estimate of drug-likeness (QED) is 0.540. The zero-order valence-electron chi connectivity index (χ0n) is 18.7. The van der Waals surface area contributed by atoms with Crippen LogP contribution in [0.1, 0.15) is 61.0 Å². The Morgan fingerprint density at radius 1 is 1.16 bits per heavy atom. The molecule has 4 rings (SSSR count). The number of methoxy groups -OCH3 is 2. The monoisotopic (exact) mass is 446 g/mol. The number of benzene rings is 2. The maximum atomic E-state index is 15.2. The van der Waals surface area contributed by atoms with Crippen LogP contribution in [0.25, 0.3) is 0 Å². The summed E-state index contributed by atoms with van der Waals surface area (Å²) < 4.78 is 52.3. The first kappa shape index (κ1) is 22.5. The molecule has 0 saturated carbocycles. The number of ether oxygens (including phenoxy) is 4. The average Bonchev–Trinajstić information content (AvgIpc) is 3.37. The van der Waals surface area contributed by atoms with Crippen LogP contribution in [0.2, 0.25) is 0 Å². The first-order valence-corrected chi connectivity index (χ1v) is 10.7. The van der Waals surface area contributed by atoms with E-state index < -0.39 is 11.5 Å². The lowest BCUT2D eigenvalue weighted by atomic mass is 9.88. The number of hydrogen-bond donors (Lipinski definition) is 0. The van der Waals surface area contributed by atoms with Crippen LogP contribution in [0, 0.1) is 0 Å². The summed E-state index contributed by atoms with van der Waals surface area (Å²) in [4.78, 5) is 11.6. The van der Waals surface area contributed by atoms with Crippen LogP contribution >= 0.6 is 0 Å². The van der Waals surface area contributed by atoms with Crippen molar-refractivity contribution >= 4 is 5.97 Å². The third-order valence-corrected chi connectivity index (χ3v) is 6.60. The minimum absolute atomic E-state index is 0.00381. The van der Waals surface area contributed by atoms with Gasteiger partial charge in [-0.15, -0.1) is 0 Å². The number of hydrogen-bond acceptors (Lipinski definition) is 5. The molecule has 0 N–H and O–H groups in total. The van der Waals surface area contributed by atoms with Crippen LogP contribution in [0.5, 0.6) is 11.5 Å². The summed E-state index contributed by atoms with van der Waals surface area (Å²) in [6.07, 6.45) is 1.05. The summed E-state index contributed by atoms with van der Waals surface area (Å²) in [5.74, 6) is -2.18. The molecule has 1 aliphatic heterocycles. The van der Waals surface area contributed by atoms with E-state index in [4.69, 9.17) is 18.9 Å². The van der Waals surface area contributed by atoms with Gasteiger partial charge >= 0.3 is 11.9 Å². The van der Waals surface area contributed by atoms with Gasteiger partial charge in [0, 0.05) is 30.2 Å². The van der Waals surface area contributed by atoms with E-state index in [2.05, 4.69) is 0 Å². The molecule has 32 heavy (non-hydrogen) atoms. The Balaban J connectivity index is 1.55. The fourth-order valence-corrected chi connectivity index (χ4v) is 4.43. The number of carbonyl (C=O) groups excluding carboxylic acids is 1. The maximum Gasteiger partial charge on any atom is 0.306 e. The number of carbonyl (C=O) groups is 1. The largest absolute Gasteiger partial charge is 0.492 e. The Bertz CT molecular complexity index is 1020. The first-order valence-electron chi connectivity index (χ1n) is 10.7. The van der Waals surface area contributed by atoms with Crippen molar-refractivity contribution in [3.63, 3.8) is 0 Å². The van der Waals surface area contributed by atoms with Gasteiger partial charge in [-0.05, 0) is 43.9 Å². The van der Waals surface area contributed by atoms with Crippen LogP contribution in [0.15, 0.2) is 36.4 Å². The summed E-state index contributed by atoms with van der Waals surface area (Å²) in [7, 11) is 2.67. The third kappa shape index (κ3) is 3.83.